The van der Waals surface area contributed by atoms with Gasteiger partial charge in [-0.15, -0.1) is 0 Å². The van der Waals surface area contributed by atoms with E-state index in [9.17, 15) is 13.6 Å². The number of aryl methyl sites for hydroxylation is 1. The number of benzene rings is 4. The summed E-state index contributed by atoms with van der Waals surface area (Å²) in [5.74, 6) is -0.260. The summed E-state index contributed by atoms with van der Waals surface area (Å²) in [4.78, 5) is 15.3. The van der Waals surface area contributed by atoms with Crippen molar-refractivity contribution in [1.82, 2.24) is 14.7 Å². The van der Waals surface area contributed by atoms with Crippen LogP contribution in [0.5, 0.6) is 0 Å². The van der Waals surface area contributed by atoms with Gasteiger partial charge >= 0.3 is 0 Å². The maximum absolute atomic E-state index is 13.9. The Bertz CT molecular complexity index is 1700. The molecular weight excluding hydrogens is 480 g/mol. The van der Waals surface area contributed by atoms with Gasteiger partial charge in [-0.1, -0.05) is 36.4 Å². The zero-order valence-electron chi connectivity index (χ0n) is 20.8. The van der Waals surface area contributed by atoms with Crippen LogP contribution >= 0.6 is 0 Å². The molecule has 2 aliphatic rings. The van der Waals surface area contributed by atoms with Gasteiger partial charge < -0.3 is 4.90 Å². The molecule has 0 radical (unpaired) electrons. The van der Waals surface area contributed by atoms with Crippen molar-refractivity contribution in [3.8, 4) is 5.69 Å². The van der Waals surface area contributed by atoms with E-state index in [-0.39, 0.29) is 23.1 Å². The smallest absolute Gasteiger partial charge is 0.253 e. The van der Waals surface area contributed by atoms with Crippen LogP contribution in [0.2, 0.25) is 0 Å². The molecule has 1 aliphatic heterocycles. The van der Waals surface area contributed by atoms with Crippen molar-refractivity contribution in [2.24, 2.45) is 5.92 Å². The van der Waals surface area contributed by atoms with Crippen molar-refractivity contribution in [1.29, 1.82) is 0 Å². The van der Waals surface area contributed by atoms with Crippen molar-refractivity contribution >= 4 is 16.8 Å². The number of piperidine rings is 1. The van der Waals surface area contributed by atoms with Crippen molar-refractivity contribution in [3.05, 3.63) is 131 Å². The summed E-state index contributed by atoms with van der Waals surface area (Å²) in [7, 11) is 0. The summed E-state index contributed by atoms with van der Waals surface area (Å²) in [5.41, 5.74) is 5.53. The lowest BCUT2D eigenvalue weighted by Crippen LogP contribution is -2.34. The number of amides is 1. The van der Waals surface area contributed by atoms with Gasteiger partial charge in [0.2, 0.25) is 0 Å². The second-order valence-electron chi connectivity index (χ2n) is 10.5. The highest BCUT2D eigenvalue weighted by molar-refractivity contribution is 5.95. The molecule has 5 aromatic rings. The summed E-state index contributed by atoms with van der Waals surface area (Å²) in [6, 6.07) is 27.1. The molecule has 0 N–H and O–H groups in total. The molecule has 4 aromatic carbocycles. The molecule has 7 rings (SSSR count). The molecule has 38 heavy (non-hydrogen) atoms. The first-order valence-electron chi connectivity index (χ1n) is 12.8. The molecule has 4 nitrogen and oxygen atoms in total. The molecule has 0 spiro atoms. The van der Waals surface area contributed by atoms with Crippen LogP contribution in [0, 0.1) is 24.5 Å². The Morgan fingerprint density at radius 2 is 1.71 bits per heavy atom. The number of carbonyl (C=O) groups is 1. The molecule has 188 valence electrons. The van der Waals surface area contributed by atoms with Crippen LogP contribution in [-0.2, 0) is 5.41 Å². The molecule has 1 aliphatic carbocycles. The van der Waals surface area contributed by atoms with Gasteiger partial charge in [-0.05, 0) is 84.1 Å². The predicted molar refractivity (Wildman–Crippen MR) is 142 cm³/mol. The van der Waals surface area contributed by atoms with Crippen molar-refractivity contribution in [2.75, 3.05) is 13.1 Å². The summed E-state index contributed by atoms with van der Waals surface area (Å²) in [6.07, 6.45) is 1.85. The Hall–Kier alpha value is -4.32. The van der Waals surface area contributed by atoms with Gasteiger partial charge in [0.15, 0.2) is 0 Å². The molecule has 3 atom stereocenters. The van der Waals surface area contributed by atoms with Gasteiger partial charge in [0, 0.05) is 35.4 Å². The average Bonchev–Trinajstić information content (AvgIpc) is 3.19. The highest BCUT2D eigenvalue weighted by Crippen LogP contribution is 2.69. The SMILES string of the molecule is Cc1cc2c(cnn2-c2ccc(F)cc2)cc1C12CN(C(=O)c3cccc(F)c3)CC1C2c1ccccc1. The molecule has 6 heteroatoms. The van der Waals surface area contributed by atoms with Crippen LogP contribution < -0.4 is 0 Å². The summed E-state index contributed by atoms with van der Waals surface area (Å²) < 4.78 is 29.2. The van der Waals surface area contributed by atoms with E-state index in [1.807, 2.05) is 21.8 Å². The van der Waals surface area contributed by atoms with Crippen LogP contribution in [0.3, 0.4) is 0 Å². The lowest BCUT2D eigenvalue weighted by molar-refractivity contribution is 0.0768. The van der Waals surface area contributed by atoms with Crippen LogP contribution in [0.25, 0.3) is 16.6 Å². The first-order chi connectivity index (χ1) is 18.5. The van der Waals surface area contributed by atoms with E-state index >= 15 is 0 Å². The Morgan fingerprint density at radius 1 is 0.921 bits per heavy atom. The van der Waals surface area contributed by atoms with Gasteiger partial charge in [0.25, 0.3) is 5.91 Å². The molecule has 2 heterocycles. The van der Waals surface area contributed by atoms with E-state index < -0.39 is 5.82 Å². The molecule has 0 bridgehead atoms. The summed E-state index contributed by atoms with van der Waals surface area (Å²) in [6.45, 7) is 3.31. The van der Waals surface area contributed by atoms with Gasteiger partial charge in [0.05, 0.1) is 17.4 Å². The third-order valence-electron chi connectivity index (χ3n) is 8.38. The molecule has 1 saturated heterocycles. The van der Waals surface area contributed by atoms with Crippen molar-refractivity contribution < 1.29 is 13.6 Å². The molecule has 1 saturated carbocycles. The summed E-state index contributed by atoms with van der Waals surface area (Å²) in [5, 5.41) is 5.60. The van der Waals surface area contributed by atoms with E-state index in [2.05, 4.69) is 48.4 Å². The van der Waals surface area contributed by atoms with Crippen LogP contribution in [0.15, 0.2) is 97.2 Å². The zero-order valence-corrected chi connectivity index (χ0v) is 20.8. The standard InChI is InChI=1S/C32H25F2N3O/c1-20-14-29-23(17-35-37(29)26-12-10-24(33)11-13-26)16-27(20)32-19-36(31(38)22-8-5-9-25(34)15-22)18-28(32)30(32)21-6-3-2-4-7-21/h2-17,28,30H,18-19H2,1H3. The van der Waals surface area contributed by atoms with E-state index in [0.29, 0.717) is 24.6 Å². The maximum atomic E-state index is 13.9. The van der Waals surface area contributed by atoms with Crippen LogP contribution in [-0.4, -0.2) is 33.7 Å². The van der Waals surface area contributed by atoms with Gasteiger partial charge in [0.1, 0.15) is 11.6 Å². The Labute approximate surface area is 219 Å². The van der Waals surface area contributed by atoms with Crippen LogP contribution in [0.4, 0.5) is 8.78 Å². The monoisotopic (exact) mass is 505 g/mol. The van der Waals surface area contributed by atoms with Crippen LogP contribution in [0.1, 0.15) is 33.0 Å². The number of halogens is 2. The first-order valence-corrected chi connectivity index (χ1v) is 12.8. The second kappa shape index (κ2) is 8.35. The number of rotatable bonds is 4. The van der Waals surface area contributed by atoms with Gasteiger partial charge in [-0.25, -0.2) is 13.5 Å². The fraction of sp³-hybridized carbons (Fsp3) is 0.188. The Kier molecular flexibility index (Phi) is 5.02. The number of hydrogen-bond donors (Lipinski definition) is 0. The molecule has 3 unspecified atom stereocenters. The zero-order chi connectivity index (χ0) is 26.0. The highest BCUT2D eigenvalue weighted by atomic mass is 19.1. The Morgan fingerprint density at radius 3 is 2.47 bits per heavy atom. The largest absolute Gasteiger partial charge is 0.337 e. The number of nitrogens with zero attached hydrogens (tertiary/aromatic N) is 3. The topological polar surface area (TPSA) is 38.1 Å². The lowest BCUT2D eigenvalue weighted by Gasteiger charge is -2.26. The quantitative estimate of drug-likeness (QED) is 0.283. The average molecular weight is 506 g/mol. The molecule has 1 aromatic heterocycles. The fourth-order valence-corrected chi connectivity index (χ4v) is 6.69. The number of fused-ring (bicyclic) bond motifs is 2. The van der Waals surface area contributed by atoms with E-state index in [1.165, 1.54) is 35.4 Å². The Balaban J connectivity index is 1.30. The van der Waals surface area contributed by atoms with E-state index in [0.717, 1.165) is 22.2 Å². The fourth-order valence-electron chi connectivity index (χ4n) is 6.69. The summed E-state index contributed by atoms with van der Waals surface area (Å²) >= 11 is 0. The number of hydrogen-bond acceptors (Lipinski definition) is 2. The predicted octanol–water partition coefficient (Wildman–Crippen LogP) is 6.42. The molecular formula is C32H25F2N3O. The highest BCUT2D eigenvalue weighted by Gasteiger charge is 2.70. The second-order valence-corrected chi connectivity index (χ2v) is 10.5. The van der Waals surface area contributed by atoms with Gasteiger partial charge in [-0.2, -0.15) is 5.10 Å². The number of likely N-dealkylation sites (tertiary alicyclic amines) is 1. The maximum Gasteiger partial charge on any atom is 0.253 e. The normalized spacial score (nSPS) is 22.0. The minimum atomic E-state index is -0.406. The molecule has 1 amide bonds. The lowest BCUT2D eigenvalue weighted by atomic mass is 9.86. The minimum absolute atomic E-state index is 0.134. The number of carbonyl (C=O) groups excluding carboxylic acids is 1. The van der Waals surface area contributed by atoms with E-state index in [4.69, 9.17) is 0 Å². The number of aromatic nitrogens is 2. The van der Waals surface area contributed by atoms with Crippen molar-refractivity contribution in [2.45, 2.75) is 18.3 Å². The first kappa shape index (κ1) is 22.8. The van der Waals surface area contributed by atoms with Gasteiger partial charge in [-0.3, -0.25) is 4.79 Å². The third-order valence-corrected chi connectivity index (χ3v) is 8.38. The minimum Gasteiger partial charge on any atom is -0.337 e. The van der Waals surface area contributed by atoms with E-state index in [1.54, 1.807) is 24.3 Å². The van der Waals surface area contributed by atoms with Crippen molar-refractivity contribution in [3.63, 3.8) is 0 Å². The third kappa shape index (κ3) is 3.40. The molecule has 2 fully saturated rings.